The first-order valence-electron chi connectivity index (χ1n) is 8.14. The third-order valence-electron chi connectivity index (χ3n) is 3.71. The highest BCUT2D eigenvalue weighted by Crippen LogP contribution is 2.10. The molecule has 0 aromatic heterocycles. The molecule has 2 atom stereocenters. The lowest BCUT2D eigenvalue weighted by atomic mass is 10.1. The number of ether oxygens (including phenoxy) is 1. The van der Waals surface area contributed by atoms with Crippen molar-refractivity contribution in [3.63, 3.8) is 0 Å². The Balaban J connectivity index is 1.98. The Morgan fingerprint density at radius 2 is 1.74 bits per heavy atom. The number of methoxy groups -OCH3 is 1. The Hall–Kier alpha value is -2.61. The molecule has 0 unspecified atom stereocenters. The SMILES string of the molecule is COC(=O)[C@@H](CC[S@](=O)c1ccccc1)NC(=O)Cc1cc(F)cc(F)c1. The summed E-state index contributed by atoms with van der Waals surface area (Å²) in [5.74, 6) is -2.72. The van der Waals surface area contributed by atoms with Crippen molar-refractivity contribution >= 4 is 22.7 Å². The van der Waals surface area contributed by atoms with Crippen molar-refractivity contribution in [2.45, 2.75) is 23.8 Å². The van der Waals surface area contributed by atoms with Crippen LogP contribution in [-0.4, -0.2) is 35.0 Å². The summed E-state index contributed by atoms with van der Waals surface area (Å²) in [5.41, 5.74) is 0.140. The van der Waals surface area contributed by atoms with E-state index < -0.39 is 40.4 Å². The van der Waals surface area contributed by atoms with E-state index in [1.807, 2.05) is 0 Å². The zero-order valence-corrected chi connectivity index (χ0v) is 15.4. The van der Waals surface area contributed by atoms with Crippen LogP contribution in [0.5, 0.6) is 0 Å². The summed E-state index contributed by atoms with van der Waals surface area (Å²) in [6.07, 6.45) is -0.207. The highest BCUT2D eigenvalue weighted by molar-refractivity contribution is 7.85. The molecule has 2 aromatic carbocycles. The van der Waals surface area contributed by atoms with E-state index >= 15 is 0 Å². The topological polar surface area (TPSA) is 72.5 Å². The van der Waals surface area contributed by atoms with Gasteiger partial charge in [-0.3, -0.25) is 9.00 Å². The van der Waals surface area contributed by atoms with E-state index in [1.54, 1.807) is 30.3 Å². The number of carbonyl (C=O) groups is 2. The summed E-state index contributed by atoms with van der Waals surface area (Å²) in [5, 5.41) is 2.47. The van der Waals surface area contributed by atoms with Crippen LogP contribution < -0.4 is 5.32 Å². The van der Waals surface area contributed by atoms with Crippen LogP contribution in [0.15, 0.2) is 53.4 Å². The molecule has 144 valence electrons. The number of amides is 1. The van der Waals surface area contributed by atoms with Gasteiger partial charge in [-0.15, -0.1) is 0 Å². The maximum atomic E-state index is 13.2. The Kier molecular flexibility index (Phi) is 7.60. The quantitative estimate of drug-likeness (QED) is 0.697. The fourth-order valence-corrected chi connectivity index (χ4v) is 3.60. The first-order chi connectivity index (χ1) is 12.9. The highest BCUT2D eigenvalue weighted by atomic mass is 32.2. The van der Waals surface area contributed by atoms with E-state index in [1.165, 1.54) is 7.11 Å². The van der Waals surface area contributed by atoms with Crippen molar-refractivity contribution in [2.24, 2.45) is 0 Å². The summed E-state index contributed by atoms with van der Waals surface area (Å²) in [7, 11) is -0.162. The van der Waals surface area contributed by atoms with Crippen LogP contribution >= 0.6 is 0 Å². The number of halogens is 2. The van der Waals surface area contributed by atoms with Gasteiger partial charge >= 0.3 is 5.97 Å². The zero-order chi connectivity index (χ0) is 19.8. The molecule has 1 amide bonds. The molecule has 0 radical (unpaired) electrons. The first-order valence-corrected chi connectivity index (χ1v) is 9.46. The summed E-state index contributed by atoms with van der Waals surface area (Å²) < 4.78 is 43.4. The predicted molar refractivity (Wildman–Crippen MR) is 96.3 cm³/mol. The average molecular weight is 395 g/mol. The molecule has 0 spiro atoms. The van der Waals surface area contributed by atoms with Crippen LogP contribution in [0.4, 0.5) is 8.78 Å². The monoisotopic (exact) mass is 395 g/mol. The van der Waals surface area contributed by atoms with Crippen LogP contribution in [0.2, 0.25) is 0 Å². The van der Waals surface area contributed by atoms with Crippen molar-refractivity contribution in [3.05, 3.63) is 65.7 Å². The van der Waals surface area contributed by atoms with Gasteiger partial charge in [-0.1, -0.05) is 18.2 Å². The molecule has 2 rings (SSSR count). The second-order valence-electron chi connectivity index (χ2n) is 5.75. The largest absolute Gasteiger partial charge is 0.467 e. The molecule has 0 saturated heterocycles. The molecule has 0 aliphatic rings. The van der Waals surface area contributed by atoms with Gasteiger partial charge in [0.25, 0.3) is 0 Å². The minimum atomic E-state index is -1.34. The van der Waals surface area contributed by atoms with Crippen LogP contribution in [-0.2, 0) is 31.5 Å². The van der Waals surface area contributed by atoms with Crippen molar-refractivity contribution in [2.75, 3.05) is 12.9 Å². The van der Waals surface area contributed by atoms with Gasteiger partial charge in [-0.25, -0.2) is 13.6 Å². The van der Waals surface area contributed by atoms with Crippen LogP contribution in [0.1, 0.15) is 12.0 Å². The van der Waals surface area contributed by atoms with Crippen molar-refractivity contribution in [1.29, 1.82) is 0 Å². The van der Waals surface area contributed by atoms with Crippen molar-refractivity contribution in [3.8, 4) is 0 Å². The molecule has 1 N–H and O–H groups in total. The molecular weight excluding hydrogens is 376 g/mol. The summed E-state index contributed by atoms with van der Waals surface area (Å²) in [4.78, 5) is 24.7. The molecular formula is C19H19F2NO4S. The average Bonchev–Trinajstić information content (AvgIpc) is 2.64. The number of carbonyl (C=O) groups excluding carboxylic acids is 2. The molecule has 5 nitrogen and oxygen atoms in total. The van der Waals surface area contributed by atoms with Crippen LogP contribution in [0.25, 0.3) is 0 Å². The number of benzene rings is 2. The number of hydrogen-bond acceptors (Lipinski definition) is 4. The van der Waals surface area contributed by atoms with E-state index in [9.17, 15) is 22.6 Å². The van der Waals surface area contributed by atoms with Gasteiger partial charge in [0.2, 0.25) is 5.91 Å². The smallest absolute Gasteiger partial charge is 0.328 e. The van der Waals surface area contributed by atoms with Crippen molar-refractivity contribution < 1.29 is 27.3 Å². The fourth-order valence-electron chi connectivity index (χ4n) is 2.45. The minimum absolute atomic E-state index is 0.0947. The fraction of sp³-hybridized carbons (Fsp3) is 0.263. The number of nitrogens with one attached hydrogen (secondary N) is 1. The maximum Gasteiger partial charge on any atom is 0.328 e. The third kappa shape index (κ3) is 6.56. The van der Waals surface area contributed by atoms with Gasteiger partial charge in [0, 0.05) is 16.7 Å². The van der Waals surface area contributed by atoms with E-state index in [-0.39, 0.29) is 24.2 Å². The molecule has 2 aromatic rings. The molecule has 0 saturated carbocycles. The second kappa shape index (κ2) is 9.91. The minimum Gasteiger partial charge on any atom is -0.467 e. The lowest BCUT2D eigenvalue weighted by Crippen LogP contribution is -2.43. The molecule has 8 heteroatoms. The molecule has 27 heavy (non-hydrogen) atoms. The Labute approximate surface area is 158 Å². The standard InChI is InChI=1S/C19H19F2NO4S/c1-26-19(24)17(7-8-27(25)16-5-3-2-4-6-16)22-18(23)11-13-9-14(20)12-15(21)10-13/h2-6,9-10,12,17H,7-8,11H2,1H3,(H,22,23)/t17-,27+/m1/s1. The molecule has 0 aliphatic heterocycles. The summed E-state index contributed by atoms with van der Waals surface area (Å²) in [6, 6.07) is 10.5. The van der Waals surface area contributed by atoms with Gasteiger partial charge in [0.05, 0.1) is 24.3 Å². The molecule has 0 heterocycles. The third-order valence-corrected chi connectivity index (χ3v) is 5.11. The molecule has 0 fully saturated rings. The highest BCUT2D eigenvalue weighted by Gasteiger charge is 2.22. The second-order valence-corrected chi connectivity index (χ2v) is 7.32. The maximum absolute atomic E-state index is 13.2. The normalized spacial score (nSPS) is 12.9. The lowest BCUT2D eigenvalue weighted by molar-refractivity contribution is -0.145. The molecule has 0 aliphatic carbocycles. The number of esters is 1. The van der Waals surface area contributed by atoms with Gasteiger partial charge in [-0.2, -0.15) is 0 Å². The van der Waals surface area contributed by atoms with Crippen LogP contribution in [0, 0.1) is 11.6 Å². The van der Waals surface area contributed by atoms with E-state index in [4.69, 9.17) is 0 Å². The molecule has 0 bridgehead atoms. The van der Waals surface area contributed by atoms with E-state index in [0.717, 1.165) is 12.1 Å². The lowest BCUT2D eigenvalue weighted by Gasteiger charge is -2.16. The van der Waals surface area contributed by atoms with Crippen LogP contribution in [0.3, 0.4) is 0 Å². The van der Waals surface area contributed by atoms with E-state index in [2.05, 4.69) is 10.1 Å². The summed E-state index contributed by atoms with van der Waals surface area (Å²) in [6.45, 7) is 0. The predicted octanol–water partition coefficient (Wildman–Crippen LogP) is 2.36. The summed E-state index contributed by atoms with van der Waals surface area (Å²) >= 11 is 0. The van der Waals surface area contributed by atoms with Gasteiger partial charge < -0.3 is 10.1 Å². The Bertz CT molecular complexity index is 809. The Morgan fingerprint density at radius 1 is 1.11 bits per heavy atom. The van der Waals surface area contributed by atoms with Gasteiger partial charge in [0.1, 0.15) is 17.7 Å². The zero-order valence-electron chi connectivity index (χ0n) is 14.6. The van der Waals surface area contributed by atoms with Gasteiger partial charge in [-0.05, 0) is 36.2 Å². The van der Waals surface area contributed by atoms with Gasteiger partial charge in [0.15, 0.2) is 0 Å². The number of hydrogen-bond donors (Lipinski definition) is 1. The Morgan fingerprint density at radius 3 is 2.33 bits per heavy atom. The van der Waals surface area contributed by atoms with Crippen molar-refractivity contribution in [1.82, 2.24) is 5.32 Å². The number of rotatable bonds is 8. The first kappa shape index (κ1) is 20.7. The van der Waals surface area contributed by atoms with E-state index in [0.29, 0.717) is 11.0 Å².